The number of nitrogens with zero attached hydrogens (tertiary/aromatic N) is 2. The lowest BCUT2D eigenvalue weighted by Crippen LogP contribution is -2.30. The van der Waals surface area contributed by atoms with Crippen LogP contribution in [-0.2, 0) is 0 Å². The summed E-state index contributed by atoms with van der Waals surface area (Å²) in [5, 5.41) is 0. The first-order valence-electron chi connectivity index (χ1n) is 6.35. The number of ketones is 1. The van der Waals surface area contributed by atoms with E-state index >= 15 is 0 Å². The largest absolute Gasteiger partial charge is 0.370 e. The predicted octanol–water partition coefficient (Wildman–Crippen LogP) is 2.91. The van der Waals surface area contributed by atoms with E-state index in [1.54, 1.807) is 0 Å². The van der Waals surface area contributed by atoms with Gasteiger partial charge in [0.15, 0.2) is 5.78 Å². The molecule has 0 aliphatic heterocycles. The van der Waals surface area contributed by atoms with Crippen molar-refractivity contribution in [1.82, 2.24) is 4.98 Å². The molecule has 1 aromatic rings. The van der Waals surface area contributed by atoms with E-state index in [0.717, 1.165) is 11.6 Å². The third kappa shape index (κ3) is 2.65. The van der Waals surface area contributed by atoms with Gasteiger partial charge in [0.1, 0.15) is 5.69 Å². The topological polar surface area (TPSA) is 33.2 Å². The molecule has 1 heterocycles. The van der Waals surface area contributed by atoms with Gasteiger partial charge in [-0.25, -0.2) is 0 Å². The summed E-state index contributed by atoms with van der Waals surface area (Å²) in [7, 11) is 2.10. The van der Waals surface area contributed by atoms with Gasteiger partial charge in [-0.3, -0.25) is 9.78 Å². The normalized spacial score (nSPS) is 16.6. The molecule has 1 aromatic heterocycles. The lowest BCUT2D eigenvalue weighted by Gasteiger charge is -2.26. The fourth-order valence-electron chi connectivity index (χ4n) is 2.07. The summed E-state index contributed by atoms with van der Waals surface area (Å²) in [6, 6.07) is 4.39. The van der Waals surface area contributed by atoms with Crippen molar-refractivity contribution in [2.75, 3.05) is 11.9 Å². The average Bonchev–Trinajstić information content (AvgIpc) is 3.20. The van der Waals surface area contributed by atoms with Crippen LogP contribution in [0.4, 0.5) is 5.69 Å². The first kappa shape index (κ1) is 12.1. The molecule has 1 aliphatic rings. The minimum Gasteiger partial charge on any atom is -0.370 e. The van der Waals surface area contributed by atoms with Crippen LogP contribution in [-0.4, -0.2) is 23.9 Å². The van der Waals surface area contributed by atoms with Crippen molar-refractivity contribution in [2.45, 2.75) is 39.2 Å². The average molecular weight is 232 g/mol. The molecule has 17 heavy (non-hydrogen) atoms. The number of aromatic nitrogens is 1. The van der Waals surface area contributed by atoms with Crippen molar-refractivity contribution in [3.05, 3.63) is 24.0 Å². The third-order valence-electron chi connectivity index (χ3n) is 3.68. The van der Waals surface area contributed by atoms with E-state index in [1.165, 1.54) is 12.8 Å². The number of carbonyl (C=O) groups is 1. The zero-order chi connectivity index (χ0) is 12.4. The van der Waals surface area contributed by atoms with Crippen LogP contribution in [0.5, 0.6) is 0 Å². The van der Waals surface area contributed by atoms with Crippen molar-refractivity contribution in [2.24, 2.45) is 5.92 Å². The van der Waals surface area contributed by atoms with Crippen molar-refractivity contribution >= 4 is 11.5 Å². The number of pyridine rings is 1. The highest BCUT2D eigenvalue weighted by molar-refractivity contribution is 5.94. The number of carbonyl (C=O) groups excluding carboxylic acids is 1. The molecule has 92 valence electrons. The van der Waals surface area contributed by atoms with Gasteiger partial charge in [-0.15, -0.1) is 0 Å². The van der Waals surface area contributed by atoms with Gasteiger partial charge in [-0.2, -0.15) is 0 Å². The Hall–Kier alpha value is -1.38. The lowest BCUT2D eigenvalue weighted by atomic mass is 10.1. The monoisotopic (exact) mass is 232 g/mol. The molecule has 2 rings (SSSR count). The Labute approximate surface area is 103 Å². The maximum Gasteiger partial charge on any atom is 0.180 e. The second-order valence-electron chi connectivity index (χ2n) is 4.87. The van der Waals surface area contributed by atoms with Gasteiger partial charge in [-0.05, 0) is 37.8 Å². The van der Waals surface area contributed by atoms with Crippen LogP contribution in [0.15, 0.2) is 18.3 Å². The molecule has 0 spiro atoms. The first-order chi connectivity index (χ1) is 8.13. The van der Waals surface area contributed by atoms with Gasteiger partial charge >= 0.3 is 0 Å². The Kier molecular flexibility index (Phi) is 3.46. The van der Waals surface area contributed by atoms with Crippen LogP contribution >= 0.6 is 0 Å². The standard InChI is InChI=1S/C14H20N2O/c1-4-14(17)13-8-7-12(9-15-13)16(3)10(2)11-5-6-11/h7-11H,4-6H2,1-3H3. The highest BCUT2D eigenvalue weighted by atomic mass is 16.1. The summed E-state index contributed by atoms with van der Waals surface area (Å²) in [5.74, 6) is 0.936. The quantitative estimate of drug-likeness (QED) is 0.732. The van der Waals surface area contributed by atoms with Crippen molar-refractivity contribution in [3.63, 3.8) is 0 Å². The maximum absolute atomic E-state index is 11.5. The molecule has 3 nitrogen and oxygen atoms in total. The van der Waals surface area contributed by atoms with Crippen LogP contribution in [0.25, 0.3) is 0 Å². The van der Waals surface area contributed by atoms with Crippen LogP contribution in [0.3, 0.4) is 0 Å². The fourth-order valence-corrected chi connectivity index (χ4v) is 2.07. The van der Waals surface area contributed by atoms with Crippen LogP contribution in [0.2, 0.25) is 0 Å². The minimum atomic E-state index is 0.106. The van der Waals surface area contributed by atoms with Crippen LogP contribution in [0.1, 0.15) is 43.6 Å². The molecule has 0 amide bonds. The van der Waals surface area contributed by atoms with E-state index in [9.17, 15) is 4.79 Å². The smallest absolute Gasteiger partial charge is 0.180 e. The molecule has 1 aliphatic carbocycles. The number of hydrogen-bond donors (Lipinski definition) is 0. The highest BCUT2D eigenvalue weighted by Gasteiger charge is 2.30. The van der Waals surface area contributed by atoms with Gasteiger partial charge in [0.05, 0.1) is 11.9 Å². The Morgan fingerprint density at radius 2 is 2.24 bits per heavy atom. The second kappa shape index (κ2) is 4.86. The van der Waals surface area contributed by atoms with Gasteiger partial charge in [0.25, 0.3) is 0 Å². The number of rotatable bonds is 5. The number of anilines is 1. The zero-order valence-electron chi connectivity index (χ0n) is 10.8. The minimum absolute atomic E-state index is 0.106. The summed E-state index contributed by atoms with van der Waals surface area (Å²) in [5.41, 5.74) is 1.67. The van der Waals surface area contributed by atoms with Gasteiger partial charge in [0.2, 0.25) is 0 Å². The molecule has 0 N–H and O–H groups in total. The molecule has 1 unspecified atom stereocenters. The second-order valence-corrected chi connectivity index (χ2v) is 4.87. The molecule has 0 aromatic carbocycles. The number of Topliss-reactive ketones (excluding diaryl/α,β-unsaturated/α-hetero) is 1. The van der Waals surface area contributed by atoms with E-state index in [-0.39, 0.29) is 5.78 Å². The van der Waals surface area contributed by atoms with E-state index in [2.05, 4.69) is 23.9 Å². The zero-order valence-corrected chi connectivity index (χ0v) is 10.8. The summed E-state index contributed by atoms with van der Waals surface area (Å²) in [6.07, 6.45) is 5.00. The SMILES string of the molecule is CCC(=O)c1ccc(N(C)C(C)C2CC2)cn1. The maximum atomic E-state index is 11.5. The Morgan fingerprint density at radius 1 is 1.53 bits per heavy atom. The van der Waals surface area contributed by atoms with Gasteiger partial charge in [-0.1, -0.05) is 6.92 Å². The van der Waals surface area contributed by atoms with Crippen molar-refractivity contribution in [3.8, 4) is 0 Å². The number of hydrogen-bond acceptors (Lipinski definition) is 3. The van der Waals surface area contributed by atoms with Crippen molar-refractivity contribution in [1.29, 1.82) is 0 Å². The van der Waals surface area contributed by atoms with E-state index in [0.29, 0.717) is 18.2 Å². The van der Waals surface area contributed by atoms with Crippen molar-refractivity contribution < 1.29 is 4.79 Å². The molecular weight excluding hydrogens is 212 g/mol. The van der Waals surface area contributed by atoms with Crippen LogP contribution < -0.4 is 4.90 Å². The molecule has 3 heteroatoms. The first-order valence-corrected chi connectivity index (χ1v) is 6.35. The lowest BCUT2D eigenvalue weighted by molar-refractivity contribution is 0.0983. The van der Waals surface area contributed by atoms with E-state index in [1.807, 2.05) is 25.3 Å². The third-order valence-corrected chi connectivity index (χ3v) is 3.68. The van der Waals surface area contributed by atoms with Crippen LogP contribution in [0, 0.1) is 5.92 Å². The van der Waals surface area contributed by atoms with Gasteiger partial charge in [0, 0.05) is 19.5 Å². The molecule has 1 saturated carbocycles. The Morgan fingerprint density at radius 3 is 2.71 bits per heavy atom. The summed E-state index contributed by atoms with van der Waals surface area (Å²) in [6.45, 7) is 4.11. The summed E-state index contributed by atoms with van der Waals surface area (Å²) < 4.78 is 0. The van der Waals surface area contributed by atoms with E-state index in [4.69, 9.17) is 0 Å². The fraction of sp³-hybridized carbons (Fsp3) is 0.571. The van der Waals surface area contributed by atoms with Gasteiger partial charge < -0.3 is 4.90 Å². The predicted molar refractivity (Wildman–Crippen MR) is 69.4 cm³/mol. The molecule has 0 saturated heterocycles. The summed E-state index contributed by atoms with van der Waals surface area (Å²) >= 11 is 0. The Balaban J connectivity index is 2.08. The molecule has 1 atom stereocenters. The Bertz CT molecular complexity index is 395. The highest BCUT2D eigenvalue weighted by Crippen LogP contribution is 2.36. The molecule has 0 bridgehead atoms. The summed E-state index contributed by atoms with van der Waals surface area (Å²) in [4.78, 5) is 18.0. The molecule has 1 fully saturated rings. The van der Waals surface area contributed by atoms with E-state index < -0.39 is 0 Å². The molecular formula is C14H20N2O. The molecule has 0 radical (unpaired) electrons.